The molecule has 3 nitrogen and oxygen atoms in total. The van der Waals surface area contributed by atoms with E-state index in [1.165, 1.54) is 0 Å². The molecular formula is C10H19NO2. The van der Waals surface area contributed by atoms with Gasteiger partial charge in [-0.15, -0.1) is 0 Å². The van der Waals surface area contributed by atoms with Crippen LogP contribution in [0.25, 0.3) is 0 Å². The molecular weight excluding hydrogens is 166 g/mol. The van der Waals surface area contributed by atoms with Crippen LogP contribution >= 0.6 is 0 Å². The molecule has 0 aromatic carbocycles. The van der Waals surface area contributed by atoms with Gasteiger partial charge in [0, 0.05) is 5.54 Å². The lowest BCUT2D eigenvalue weighted by atomic mass is 9.97. The lowest BCUT2D eigenvalue weighted by Gasteiger charge is -2.51. The summed E-state index contributed by atoms with van der Waals surface area (Å²) in [5.41, 5.74) is 0.239. The topological polar surface area (TPSA) is 21.7 Å². The van der Waals surface area contributed by atoms with Crippen LogP contribution in [0.4, 0.5) is 0 Å². The predicted molar refractivity (Wildman–Crippen MR) is 50.8 cm³/mol. The molecule has 0 atom stereocenters. The fourth-order valence-electron chi connectivity index (χ4n) is 2.49. The first-order valence-electron chi connectivity index (χ1n) is 5.03. The molecule has 2 bridgehead atoms. The second-order valence-electron chi connectivity index (χ2n) is 4.96. The van der Waals surface area contributed by atoms with Crippen molar-refractivity contribution in [2.24, 2.45) is 0 Å². The molecule has 0 spiro atoms. The molecule has 0 aromatic heterocycles. The van der Waals surface area contributed by atoms with Gasteiger partial charge in [0.05, 0.1) is 38.5 Å². The van der Waals surface area contributed by atoms with Gasteiger partial charge in [-0.05, 0) is 20.8 Å². The number of nitrogens with zero attached hydrogens (tertiary/aromatic N) is 1. The van der Waals surface area contributed by atoms with E-state index in [1.54, 1.807) is 0 Å². The highest BCUT2D eigenvalue weighted by molar-refractivity contribution is 4.93. The van der Waals surface area contributed by atoms with Crippen molar-refractivity contribution in [1.29, 1.82) is 0 Å². The maximum Gasteiger partial charge on any atom is 0.0645 e. The molecule has 2 fully saturated rings. The molecule has 2 aliphatic rings. The van der Waals surface area contributed by atoms with E-state index < -0.39 is 0 Å². The highest BCUT2D eigenvalue weighted by Gasteiger charge is 2.41. The van der Waals surface area contributed by atoms with Crippen molar-refractivity contribution in [2.75, 3.05) is 26.4 Å². The van der Waals surface area contributed by atoms with Crippen LogP contribution in [0.1, 0.15) is 20.8 Å². The Kier molecular flexibility index (Phi) is 2.34. The summed E-state index contributed by atoms with van der Waals surface area (Å²) < 4.78 is 11.1. The Bertz CT molecular complexity index is 166. The standard InChI is InChI=1S/C10H19NO2/c1-10(2,3)11-8-4-12-6-9(11)7-13-5-8/h8-9H,4-7H2,1-3H3. The average molecular weight is 185 g/mol. The third-order valence-corrected chi connectivity index (χ3v) is 2.80. The monoisotopic (exact) mass is 185 g/mol. The summed E-state index contributed by atoms with van der Waals surface area (Å²) in [5.74, 6) is 0. The maximum absolute atomic E-state index is 5.54. The van der Waals surface area contributed by atoms with Gasteiger partial charge in [0.25, 0.3) is 0 Å². The summed E-state index contributed by atoms with van der Waals surface area (Å²) in [7, 11) is 0. The molecule has 2 aliphatic heterocycles. The van der Waals surface area contributed by atoms with Crippen molar-refractivity contribution < 1.29 is 9.47 Å². The van der Waals surface area contributed by atoms with E-state index in [1.807, 2.05) is 0 Å². The van der Waals surface area contributed by atoms with Crippen molar-refractivity contribution >= 4 is 0 Å². The zero-order valence-corrected chi connectivity index (χ0v) is 8.75. The summed E-state index contributed by atoms with van der Waals surface area (Å²) in [4.78, 5) is 2.56. The third-order valence-electron chi connectivity index (χ3n) is 2.80. The normalized spacial score (nSPS) is 36.2. The highest BCUT2D eigenvalue weighted by Crippen LogP contribution is 2.27. The molecule has 0 aliphatic carbocycles. The van der Waals surface area contributed by atoms with Gasteiger partial charge < -0.3 is 9.47 Å². The maximum atomic E-state index is 5.54. The summed E-state index contributed by atoms with van der Waals surface area (Å²) in [6.07, 6.45) is 0. The molecule has 3 heteroatoms. The average Bonchev–Trinajstić information content (AvgIpc) is 2.01. The van der Waals surface area contributed by atoms with Gasteiger partial charge >= 0.3 is 0 Å². The zero-order valence-electron chi connectivity index (χ0n) is 8.75. The minimum atomic E-state index is 0.239. The van der Waals surface area contributed by atoms with Crippen LogP contribution in [-0.4, -0.2) is 49.0 Å². The molecule has 2 heterocycles. The Morgan fingerprint density at radius 3 is 1.54 bits per heavy atom. The lowest BCUT2D eigenvalue weighted by molar-refractivity contribution is -0.166. The lowest BCUT2D eigenvalue weighted by Crippen LogP contribution is -2.65. The van der Waals surface area contributed by atoms with Crippen molar-refractivity contribution in [1.82, 2.24) is 4.90 Å². The SMILES string of the molecule is CC(C)(C)N1C2COCC1COC2. The van der Waals surface area contributed by atoms with Crippen LogP contribution in [-0.2, 0) is 9.47 Å². The molecule has 13 heavy (non-hydrogen) atoms. The second kappa shape index (κ2) is 3.23. The van der Waals surface area contributed by atoms with Gasteiger partial charge in [0.15, 0.2) is 0 Å². The van der Waals surface area contributed by atoms with Crippen molar-refractivity contribution in [3.05, 3.63) is 0 Å². The Hall–Kier alpha value is -0.120. The Morgan fingerprint density at radius 2 is 1.31 bits per heavy atom. The molecule has 2 rings (SSSR count). The summed E-state index contributed by atoms with van der Waals surface area (Å²) in [6, 6.07) is 0.931. The molecule has 76 valence electrons. The quantitative estimate of drug-likeness (QED) is 0.559. The van der Waals surface area contributed by atoms with Crippen LogP contribution in [0, 0.1) is 0 Å². The Morgan fingerprint density at radius 1 is 0.923 bits per heavy atom. The first-order valence-corrected chi connectivity index (χ1v) is 5.03. The zero-order chi connectivity index (χ0) is 9.47. The van der Waals surface area contributed by atoms with Gasteiger partial charge in [-0.25, -0.2) is 0 Å². The molecule has 0 amide bonds. The van der Waals surface area contributed by atoms with Crippen LogP contribution in [0.5, 0.6) is 0 Å². The van der Waals surface area contributed by atoms with E-state index in [9.17, 15) is 0 Å². The fourth-order valence-corrected chi connectivity index (χ4v) is 2.49. The van der Waals surface area contributed by atoms with Crippen LogP contribution in [0.3, 0.4) is 0 Å². The van der Waals surface area contributed by atoms with Gasteiger partial charge in [0.2, 0.25) is 0 Å². The smallest absolute Gasteiger partial charge is 0.0645 e. The summed E-state index contributed by atoms with van der Waals surface area (Å²) in [6.45, 7) is 10.1. The number of morpholine rings is 2. The van der Waals surface area contributed by atoms with Gasteiger partial charge in [-0.1, -0.05) is 0 Å². The Labute approximate surface area is 80.0 Å². The van der Waals surface area contributed by atoms with Crippen LogP contribution in [0.15, 0.2) is 0 Å². The van der Waals surface area contributed by atoms with E-state index >= 15 is 0 Å². The van der Waals surface area contributed by atoms with E-state index in [-0.39, 0.29) is 5.54 Å². The van der Waals surface area contributed by atoms with E-state index in [4.69, 9.17) is 9.47 Å². The third kappa shape index (κ3) is 1.73. The molecule has 0 saturated carbocycles. The molecule has 2 saturated heterocycles. The van der Waals surface area contributed by atoms with Gasteiger partial charge in [-0.2, -0.15) is 0 Å². The van der Waals surface area contributed by atoms with Crippen LogP contribution in [0.2, 0.25) is 0 Å². The number of hydrogen-bond acceptors (Lipinski definition) is 3. The van der Waals surface area contributed by atoms with E-state index in [0.29, 0.717) is 12.1 Å². The second-order valence-corrected chi connectivity index (χ2v) is 4.96. The first-order chi connectivity index (χ1) is 6.09. The minimum Gasteiger partial charge on any atom is -0.378 e. The van der Waals surface area contributed by atoms with Crippen molar-refractivity contribution in [3.63, 3.8) is 0 Å². The molecule has 0 radical (unpaired) electrons. The predicted octanol–water partition coefficient (Wildman–Crippen LogP) is 0.884. The van der Waals surface area contributed by atoms with Crippen molar-refractivity contribution in [3.8, 4) is 0 Å². The van der Waals surface area contributed by atoms with Gasteiger partial charge in [-0.3, -0.25) is 4.90 Å². The molecule has 0 unspecified atom stereocenters. The highest BCUT2D eigenvalue weighted by atomic mass is 16.5. The molecule has 0 N–H and O–H groups in total. The first kappa shape index (κ1) is 9.44. The number of hydrogen-bond donors (Lipinski definition) is 0. The largest absolute Gasteiger partial charge is 0.378 e. The number of rotatable bonds is 0. The van der Waals surface area contributed by atoms with E-state index in [2.05, 4.69) is 25.7 Å². The number of fused-ring (bicyclic) bond motifs is 2. The Balaban J connectivity index is 2.15. The fraction of sp³-hybridized carbons (Fsp3) is 1.00. The van der Waals surface area contributed by atoms with E-state index in [0.717, 1.165) is 26.4 Å². The summed E-state index contributed by atoms with van der Waals surface area (Å²) >= 11 is 0. The number of ether oxygens (including phenoxy) is 2. The van der Waals surface area contributed by atoms with Gasteiger partial charge in [0.1, 0.15) is 0 Å². The summed E-state index contributed by atoms with van der Waals surface area (Å²) in [5, 5.41) is 0. The molecule has 0 aromatic rings. The van der Waals surface area contributed by atoms with Crippen LogP contribution < -0.4 is 0 Å². The minimum absolute atomic E-state index is 0.239. The van der Waals surface area contributed by atoms with Crippen molar-refractivity contribution in [2.45, 2.75) is 38.4 Å².